The van der Waals surface area contributed by atoms with E-state index in [9.17, 15) is 4.79 Å². The molecule has 2 nitrogen and oxygen atoms in total. The van der Waals surface area contributed by atoms with E-state index >= 15 is 0 Å². The highest BCUT2D eigenvalue weighted by atomic mass is 32.1. The summed E-state index contributed by atoms with van der Waals surface area (Å²) >= 11 is 1.54. The van der Waals surface area contributed by atoms with Gasteiger partial charge in [-0.15, -0.1) is 11.3 Å². The average molecular weight is 285 g/mol. The van der Waals surface area contributed by atoms with Crippen LogP contribution in [0.2, 0.25) is 0 Å². The molecule has 0 fully saturated rings. The fraction of sp³-hybridized carbons (Fsp3) is 0.353. The van der Waals surface area contributed by atoms with Crippen molar-refractivity contribution in [3.63, 3.8) is 0 Å². The Hall–Kier alpha value is -1.45. The zero-order valence-electron chi connectivity index (χ0n) is 11.5. The van der Waals surface area contributed by atoms with E-state index < -0.39 is 0 Å². The van der Waals surface area contributed by atoms with Crippen molar-refractivity contribution in [2.24, 2.45) is 0 Å². The summed E-state index contributed by atoms with van der Waals surface area (Å²) in [4.78, 5) is 15.3. The largest absolute Gasteiger partial charge is 0.299 e. The number of thiophene rings is 1. The molecular formula is C17H19NOS. The molecule has 0 N–H and O–H groups in total. The number of carbonyl (C=O) groups is 1. The fourth-order valence-electron chi connectivity index (χ4n) is 2.77. The first-order chi connectivity index (χ1) is 9.83. The molecule has 1 aromatic heterocycles. The van der Waals surface area contributed by atoms with Gasteiger partial charge >= 0.3 is 0 Å². The topological polar surface area (TPSA) is 20.3 Å². The van der Waals surface area contributed by atoms with E-state index in [1.54, 1.807) is 11.3 Å². The van der Waals surface area contributed by atoms with Crippen LogP contribution >= 0.6 is 11.3 Å². The molecule has 0 unspecified atom stereocenters. The van der Waals surface area contributed by atoms with Crippen LogP contribution in [0, 0.1) is 0 Å². The summed E-state index contributed by atoms with van der Waals surface area (Å²) in [5, 5.41) is 1.97. The van der Waals surface area contributed by atoms with Gasteiger partial charge in [0.1, 0.15) is 0 Å². The molecule has 2 heterocycles. The SMILES string of the molecule is O=C(CCCN1CCc2ccccc2C1)c1cccs1. The molecule has 0 aliphatic carbocycles. The highest BCUT2D eigenvalue weighted by molar-refractivity contribution is 7.12. The Morgan fingerprint density at radius 1 is 1.15 bits per heavy atom. The van der Waals surface area contributed by atoms with Gasteiger partial charge in [0.05, 0.1) is 4.88 Å². The average Bonchev–Trinajstić information content (AvgIpc) is 3.01. The second-order valence-corrected chi connectivity index (χ2v) is 6.25. The molecule has 0 saturated heterocycles. The number of fused-ring (bicyclic) bond motifs is 1. The summed E-state index contributed by atoms with van der Waals surface area (Å²) in [6, 6.07) is 12.5. The fourth-order valence-corrected chi connectivity index (χ4v) is 3.46. The molecule has 0 bridgehead atoms. The standard InChI is InChI=1S/C17H19NOS/c19-16(17-8-4-12-20-17)7-3-10-18-11-9-14-5-1-2-6-15(14)13-18/h1-2,4-6,8,12H,3,7,9-11,13H2. The van der Waals surface area contributed by atoms with Crippen molar-refractivity contribution in [3.05, 3.63) is 57.8 Å². The highest BCUT2D eigenvalue weighted by Gasteiger charge is 2.15. The van der Waals surface area contributed by atoms with Crippen molar-refractivity contribution in [1.29, 1.82) is 0 Å². The van der Waals surface area contributed by atoms with Crippen LogP contribution in [-0.2, 0) is 13.0 Å². The predicted octanol–water partition coefficient (Wildman–Crippen LogP) is 3.77. The number of hydrogen-bond acceptors (Lipinski definition) is 3. The Kier molecular flexibility index (Phi) is 4.28. The van der Waals surface area contributed by atoms with Crippen molar-refractivity contribution in [3.8, 4) is 0 Å². The Bertz CT molecular complexity index is 576. The van der Waals surface area contributed by atoms with Crippen molar-refractivity contribution in [2.45, 2.75) is 25.8 Å². The third-order valence-corrected chi connectivity index (χ3v) is 4.79. The number of Topliss-reactive ketones (excluding diaryl/α,β-unsaturated/α-hetero) is 1. The van der Waals surface area contributed by atoms with Crippen LogP contribution in [0.4, 0.5) is 0 Å². The lowest BCUT2D eigenvalue weighted by Crippen LogP contribution is -2.31. The Morgan fingerprint density at radius 2 is 2.00 bits per heavy atom. The Morgan fingerprint density at radius 3 is 2.80 bits per heavy atom. The number of carbonyl (C=O) groups excluding carboxylic acids is 1. The van der Waals surface area contributed by atoms with Gasteiger partial charge in [0.15, 0.2) is 5.78 Å². The maximum absolute atomic E-state index is 11.9. The van der Waals surface area contributed by atoms with Gasteiger partial charge < -0.3 is 0 Å². The van der Waals surface area contributed by atoms with Crippen molar-refractivity contribution < 1.29 is 4.79 Å². The third-order valence-electron chi connectivity index (χ3n) is 3.88. The van der Waals surface area contributed by atoms with Crippen LogP contribution in [-0.4, -0.2) is 23.8 Å². The van der Waals surface area contributed by atoms with E-state index in [1.165, 1.54) is 11.1 Å². The molecule has 20 heavy (non-hydrogen) atoms. The van der Waals surface area contributed by atoms with E-state index in [0.717, 1.165) is 37.4 Å². The van der Waals surface area contributed by atoms with E-state index in [0.29, 0.717) is 6.42 Å². The molecule has 1 aliphatic heterocycles. The minimum atomic E-state index is 0.289. The van der Waals surface area contributed by atoms with Crippen molar-refractivity contribution >= 4 is 17.1 Å². The highest BCUT2D eigenvalue weighted by Crippen LogP contribution is 2.19. The van der Waals surface area contributed by atoms with Gasteiger partial charge in [-0.2, -0.15) is 0 Å². The maximum atomic E-state index is 11.9. The van der Waals surface area contributed by atoms with Crippen LogP contribution < -0.4 is 0 Å². The van der Waals surface area contributed by atoms with Gasteiger partial charge in [0.2, 0.25) is 0 Å². The summed E-state index contributed by atoms with van der Waals surface area (Å²) < 4.78 is 0. The summed E-state index contributed by atoms with van der Waals surface area (Å²) in [7, 11) is 0. The van der Waals surface area contributed by atoms with Gasteiger partial charge in [-0.3, -0.25) is 9.69 Å². The molecule has 0 atom stereocenters. The van der Waals surface area contributed by atoms with Crippen LogP contribution in [0.1, 0.15) is 33.6 Å². The Labute approximate surface area is 124 Å². The molecule has 0 saturated carbocycles. The van der Waals surface area contributed by atoms with Gasteiger partial charge in [-0.1, -0.05) is 30.3 Å². The summed E-state index contributed by atoms with van der Waals surface area (Å²) in [6.45, 7) is 3.17. The number of nitrogens with zero attached hydrogens (tertiary/aromatic N) is 1. The molecule has 3 heteroatoms. The van der Waals surface area contributed by atoms with E-state index in [4.69, 9.17) is 0 Å². The lowest BCUT2D eigenvalue weighted by Gasteiger charge is -2.28. The molecule has 0 amide bonds. The Balaban J connectivity index is 1.47. The van der Waals surface area contributed by atoms with Crippen molar-refractivity contribution in [1.82, 2.24) is 4.90 Å². The summed E-state index contributed by atoms with van der Waals surface area (Å²) in [5.41, 5.74) is 2.93. The monoisotopic (exact) mass is 285 g/mol. The molecule has 1 aromatic carbocycles. The lowest BCUT2D eigenvalue weighted by molar-refractivity contribution is 0.0977. The first-order valence-corrected chi connectivity index (χ1v) is 8.07. The summed E-state index contributed by atoms with van der Waals surface area (Å²) in [5.74, 6) is 0.289. The zero-order chi connectivity index (χ0) is 13.8. The van der Waals surface area contributed by atoms with Crippen LogP contribution in [0.15, 0.2) is 41.8 Å². The second-order valence-electron chi connectivity index (χ2n) is 5.30. The predicted molar refractivity (Wildman–Crippen MR) is 83.3 cm³/mol. The molecule has 2 aromatic rings. The van der Waals surface area contributed by atoms with E-state index in [2.05, 4.69) is 29.2 Å². The minimum Gasteiger partial charge on any atom is -0.299 e. The van der Waals surface area contributed by atoms with E-state index in [1.807, 2.05) is 17.5 Å². The molecular weight excluding hydrogens is 266 g/mol. The minimum absolute atomic E-state index is 0.289. The molecule has 0 radical (unpaired) electrons. The van der Waals surface area contributed by atoms with Crippen LogP contribution in [0.5, 0.6) is 0 Å². The van der Waals surface area contributed by atoms with Crippen molar-refractivity contribution in [2.75, 3.05) is 13.1 Å². The number of rotatable bonds is 5. The molecule has 104 valence electrons. The van der Waals surface area contributed by atoms with Gasteiger partial charge in [0, 0.05) is 19.5 Å². The van der Waals surface area contributed by atoms with Crippen LogP contribution in [0.25, 0.3) is 0 Å². The molecule has 3 rings (SSSR count). The first-order valence-electron chi connectivity index (χ1n) is 7.19. The first kappa shape index (κ1) is 13.5. The normalized spacial score (nSPS) is 15.0. The van der Waals surface area contributed by atoms with Crippen LogP contribution in [0.3, 0.4) is 0 Å². The molecule has 0 spiro atoms. The number of hydrogen-bond donors (Lipinski definition) is 0. The smallest absolute Gasteiger partial charge is 0.172 e. The third kappa shape index (κ3) is 3.17. The van der Waals surface area contributed by atoms with Gasteiger partial charge in [-0.25, -0.2) is 0 Å². The van der Waals surface area contributed by atoms with Gasteiger partial charge in [-0.05, 0) is 42.0 Å². The lowest BCUT2D eigenvalue weighted by atomic mass is 10.00. The zero-order valence-corrected chi connectivity index (χ0v) is 12.4. The summed E-state index contributed by atoms with van der Waals surface area (Å²) in [6.07, 6.45) is 2.76. The quantitative estimate of drug-likeness (QED) is 0.779. The second kappa shape index (κ2) is 6.33. The van der Waals surface area contributed by atoms with E-state index in [-0.39, 0.29) is 5.78 Å². The van der Waals surface area contributed by atoms with Gasteiger partial charge in [0.25, 0.3) is 0 Å². The molecule has 1 aliphatic rings. The maximum Gasteiger partial charge on any atom is 0.172 e. The number of benzene rings is 1. The number of ketones is 1.